The van der Waals surface area contributed by atoms with Crippen LogP contribution in [0.2, 0.25) is 26.2 Å². The molecule has 2 aliphatic rings. The van der Waals surface area contributed by atoms with Gasteiger partial charge in [-0.1, -0.05) is 160 Å². The van der Waals surface area contributed by atoms with E-state index in [0.29, 0.717) is 0 Å². The van der Waals surface area contributed by atoms with E-state index in [1.165, 1.54) is 82.3 Å². The van der Waals surface area contributed by atoms with Crippen molar-refractivity contribution in [3.63, 3.8) is 0 Å². The molecule has 0 N–H and O–H groups in total. The first-order valence-electron chi connectivity index (χ1n) is 17.4. The molecule has 7 aromatic carbocycles. The fourth-order valence-corrected chi connectivity index (χ4v) is 14.7. The van der Waals surface area contributed by atoms with Crippen molar-refractivity contribution in [2.75, 3.05) is 4.90 Å². The van der Waals surface area contributed by atoms with E-state index < -0.39 is 16.1 Å². The Morgan fingerprint density at radius 2 is 0.776 bits per heavy atom. The zero-order valence-corrected chi connectivity index (χ0v) is 30.5. The van der Waals surface area contributed by atoms with Gasteiger partial charge >= 0.3 is 0 Å². The third-order valence-corrected chi connectivity index (χ3v) is 18.1. The number of fused-ring (bicyclic) bond motifs is 6. The Morgan fingerprint density at radius 3 is 1.41 bits per heavy atom. The molecule has 0 unspecified atom stereocenters. The van der Waals surface area contributed by atoms with Crippen LogP contribution in [0.5, 0.6) is 0 Å². The molecule has 0 bridgehead atoms. The van der Waals surface area contributed by atoms with Gasteiger partial charge in [0.15, 0.2) is 0 Å². The average molecular weight is 662 g/mol. The van der Waals surface area contributed by atoms with Gasteiger partial charge in [0.25, 0.3) is 0 Å². The van der Waals surface area contributed by atoms with Crippen molar-refractivity contribution in [2.45, 2.75) is 26.2 Å². The highest BCUT2D eigenvalue weighted by molar-refractivity contribution is 7.04. The van der Waals surface area contributed by atoms with Gasteiger partial charge in [-0.3, -0.25) is 0 Å². The van der Waals surface area contributed by atoms with Crippen LogP contribution in [0.4, 0.5) is 17.1 Å². The van der Waals surface area contributed by atoms with E-state index >= 15 is 0 Å². The third kappa shape index (κ3) is 4.64. The van der Waals surface area contributed by atoms with Gasteiger partial charge in [0.05, 0.1) is 5.69 Å². The van der Waals surface area contributed by atoms with Gasteiger partial charge < -0.3 is 4.90 Å². The number of para-hydroxylation sites is 1. The monoisotopic (exact) mass is 661 g/mol. The minimum absolute atomic E-state index is 1.20. The van der Waals surface area contributed by atoms with Crippen molar-refractivity contribution in [2.24, 2.45) is 0 Å². The Hall–Kier alpha value is -5.23. The highest BCUT2D eigenvalue weighted by Gasteiger charge is 2.40. The van der Waals surface area contributed by atoms with Gasteiger partial charge in [0.2, 0.25) is 0 Å². The minimum Gasteiger partial charge on any atom is -0.310 e. The first-order chi connectivity index (χ1) is 23.8. The molecule has 0 amide bonds. The molecule has 9 rings (SSSR count). The molecule has 0 aromatic heterocycles. The molecule has 2 heterocycles. The van der Waals surface area contributed by atoms with Crippen LogP contribution < -0.4 is 25.6 Å². The standard InChI is InChI=1S/C46H39NSi2/c1-48(2)43-22-14-12-20-38(43)40-27-24-35(30-45(40)48)47(42-21-13-11-19-37(42)33-17-9-6-10-18-33)36-25-28-41-39-26-23-34(32-15-7-5-8-16-32)29-44(39)49(3,4)46(41)31-36/h5-31H,1-4H3. The molecule has 0 spiro atoms. The Balaban J connectivity index is 1.23. The van der Waals surface area contributed by atoms with Crippen LogP contribution in [0.15, 0.2) is 164 Å². The second-order valence-electron chi connectivity index (χ2n) is 14.6. The second-order valence-corrected chi connectivity index (χ2v) is 23.3. The Morgan fingerprint density at radius 1 is 0.327 bits per heavy atom. The quantitative estimate of drug-likeness (QED) is 0.166. The zero-order chi connectivity index (χ0) is 33.3. The minimum atomic E-state index is -2.01. The van der Waals surface area contributed by atoms with Gasteiger partial charge in [-0.15, -0.1) is 0 Å². The van der Waals surface area contributed by atoms with Crippen LogP contribution in [-0.2, 0) is 0 Å². The molecule has 3 heteroatoms. The molecule has 49 heavy (non-hydrogen) atoms. The van der Waals surface area contributed by atoms with Crippen LogP contribution in [0.3, 0.4) is 0 Å². The summed E-state index contributed by atoms with van der Waals surface area (Å²) < 4.78 is 0. The summed E-state index contributed by atoms with van der Waals surface area (Å²) in [6, 6.07) is 61.3. The highest BCUT2D eigenvalue weighted by Crippen LogP contribution is 2.43. The van der Waals surface area contributed by atoms with E-state index in [-0.39, 0.29) is 0 Å². The molecule has 0 saturated heterocycles. The van der Waals surface area contributed by atoms with Gasteiger partial charge in [-0.25, -0.2) is 0 Å². The van der Waals surface area contributed by atoms with Gasteiger partial charge in [-0.05, 0) is 90.0 Å². The second kappa shape index (κ2) is 11.2. The molecule has 0 atom stereocenters. The summed E-state index contributed by atoms with van der Waals surface area (Å²) in [7, 11) is -3.88. The van der Waals surface area contributed by atoms with Gasteiger partial charge in [0.1, 0.15) is 16.1 Å². The van der Waals surface area contributed by atoms with Crippen molar-refractivity contribution in [3.05, 3.63) is 164 Å². The van der Waals surface area contributed by atoms with E-state index in [1.807, 2.05) is 0 Å². The molecular formula is C46H39NSi2. The predicted octanol–water partition coefficient (Wildman–Crippen LogP) is 10.1. The van der Waals surface area contributed by atoms with Crippen molar-refractivity contribution < 1.29 is 0 Å². The molecule has 7 aromatic rings. The number of anilines is 3. The molecule has 0 saturated carbocycles. The van der Waals surface area contributed by atoms with Crippen LogP contribution in [0.1, 0.15) is 0 Å². The lowest BCUT2D eigenvalue weighted by atomic mass is 9.99. The molecule has 0 fully saturated rings. The summed E-state index contributed by atoms with van der Waals surface area (Å²) >= 11 is 0. The van der Waals surface area contributed by atoms with Crippen LogP contribution in [0.25, 0.3) is 44.5 Å². The maximum atomic E-state index is 2.53. The molecule has 236 valence electrons. The predicted molar refractivity (Wildman–Crippen MR) is 216 cm³/mol. The Bertz CT molecular complexity index is 2390. The van der Waals surface area contributed by atoms with E-state index in [4.69, 9.17) is 0 Å². The summed E-state index contributed by atoms with van der Waals surface area (Å²) in [5.74, 6) is 0. The topological polar surface area (TPSA) is 3.24 Å². The largest absolute Gasteiger partial charge is 0.310 e. The van der Waals surface area contributed by atoms with Gasteiger partial charge in [-0.2, -0.15) is 0 Å². The lowest BCUT2D eigenvalue weighted by Gasteiger charge is -2.30. The van der Waals surface area contributed by atoms with Crippen LogP contribution >= 0.6 is 0 Å². The first kappa shape index (κ1) is 29.9. The number of benzene rings is 7. The molecule has 1 nitrogen and oxygen atoms in total. The van der Waals surface area contributed by atoms with Crippen molar-refractivity contribution in [1.29, 1.82) is 0 Å². The summed E-state index contributed by atoms with van der Waals surface area (Å²) in [5.41, 5.74) is 14.3. The van der Waals surface area contributed by atoms with Crippen molar-refractivity contribution in [1.82, 2.24) is 0 Å². The molecule has 0 aliphatic carbocycles. The number of rotatable bonds is 5. The summed E-state index contributed by atoms with van der Waals surface area (Å²) in [4.78, 5) is 2.53. The maximum Gasteiger partial charge on any atom is 0.113 e. The number of hydrogen-bond acceptors (Lipinski definition) is 1. The Labute approximate surface area is 292 Å². The SMILES string of the molecule is C[Si]1(C)c2ccccc2-c2ccc(N(c3ccc4c(c3)[Si](C)(C)c3cc(-c5ccccc5)ccc3-4)c3ccccc3-c3ccccc3)cc21. The van der Waals surface area contributed by atoms with E-state index in [2.05, 4.69) is 195 Å². The Kier molecular flexibility index (Phi) is 6.81. The molecule has 2 aliphatic heterocycles. The number of nitrogens with zero attached hydrogens (tertiary/aromatic N) is 1. The number of hydrogen-bond donors (Lipinski definition) is 0. The fraction of sp³-hybridized carbons (Fsp3) is 0.0870. The zero-order valence-electron chi connectivity index (χ0n) is 28.5. The summed E-state index contributed by atoms with van der Waals surface area (Å²) in [6.45, 7) is 10.1. The van der Waals surface area contributed by atoms with Crippen LogP contribution in [0, 0.1) is 0 Å². The highest BCUT2D eigenvalue weighted by atomic mass is 28.3. The lowest BCUT2D eigenvalue weighted by molar-refractivity contribution is 1.29. The summed E-state index contributed by atoms with van der Waals surface area (Å²) in [5, 5.41) is 6.09. The van der Waals surface area contributed by atoms with Gasteiger partial charge in [0, 0.05) is 16.9 Å². The normalized spacial score (nSPS) is 14.4. The van der Waals surface area contributed by atoms with Crippen LogP contribution in [-0.4, -0.2) is 16.1 Å². The van der Waals surface area contributed by atoms with E-state index in [0.717, 1.165) is 0 Å². The van der Waals surface area contributed by atoms with Crippen molar-refractivity contribution in [3.8, 4) is 44.5 Å². The average Bonchev–Trinajstić information content (AvgIpc) is 3.51. The summed E-state index contributed by atoms with van der Waals surface area (Å²) in [6.07, 6.45) is 0. The fourth-order valence-electron chi connectivity index (χ4n) is 8.46. The maximum absolute atomic E-state index is 2.53. The van der Waals surface area contributed by atoms with Crippen molar-refractivity contribution >= 4 is 54.0 Å². The van der Waals surface area contributed by atoms with E-state index in [1.54, 1.807) is 0 Å². The molecular weight excluding hydrogens is 623 g/mol. The third-order valence-electron chi connectivity index (χ3n) is 11.1. The first-order valence-corrected chi connectivity index (χ1v) is 23.4. The van der Waals surface area contributed by atoms with E-state index in [9.17, 15) is 0 Å². The smallest absolute Gasteiger partial charge is 0.113 e. The lowest BCUT2D eigenvalue weighted by Crippen LogP contribution is -2.49. The molecule has 0 radical (unpaired) electrons.